The van der Waals surface area contributed by atoms with Crippen LogP contribution < -0.4 is 5.32 Å². The molecule has 0 fully saturated rings. The predicted octanol–water partition coefficient (Wildman–Crippen LogP) is 1.94. The van der Waals surface area contributed by atoms with Crippen molar-refractivity contribution in [2.45, 2.75) is 20.3 Å². The Kier molecular flexibility index (Phi) is 6.65. The van der Waals surface area contributed by atoms with E-state index in [1.807, 2.05) is 11.8 Å². The number of hydrogen-bond donors (Lipinski definition) is 1. The summed E-state index contributed by atoms with van der Waals surface area (Å²) in [6.45, 7) is 5.67. The second-order valence-corrected chi connectivity index (χ2v) is 3.48. The lowest BCUT2D eigenvalue weighted by Crippen LogP contribution is -2.15. The van der Waals surface area contributed by atoms with Gasteiger partial charge in [0.05, 0.1) is 0 Å². The summed E-state index contributed by atoms with van der Waals surface area (Å²) in [5.74, 6) is 1.92. The second-order valence-electron chi connectivity index (χ2n) is 2.62. The molecule has 56 valence electrons. The van der Waals surface area contributed by atoms with Gasteiger partial charge in [-0.05, 0) is 25.1 Å². The van der Waals surface area contributed by atoms with Gasteiger partial charge >= 0.3 is 0 Å². The third-order valence-electron chi connectivity index (χ3n) is 1.14. The fraction of sp³-hybridized carbons (Fsp3) is 1.00. The van der Waals surface area contributed by atoms with E-state index < -0.39 is 0 Å². The SMILES string of the molecule is CSCNCCC(C)C. The molecule has 1 N–H and O–H groups in total. The first-order valence-electron chi connectivity index (χ1n) is 3.47. The molecule has 0 amide bonds. The molecule has 0 aromatic heterocycles. The minimum Gasteiger partial charge on any atom is -0.308 e. The van der Waals surface area contributed by atoms with Gasteiger partial charge in [-0.3, -0.25) is 0 Å². The van der Waals surface area contributed by atoms with Crippen molar-refractivity contribution in [3.63, 3.8) is 0 Å². The molecule has 0 heterocycles. The maximum Gasteiger partial charge on any atom is 0.0415 e. The van der Waals surface area contributed by atoms with E-state index in [0.29, 0.717) is 0 Å². The Morgan fingerprint density at radius 3 is 2.56 bits per heavy atom. The topological polar surface area (TPSA) is 12.0 Å². The zero-order chi connectivity index (χ0) is 7.11. The maximum absolute atomic E-state index is 3.33. The van der Waals surface area contributed by atoms with Crippen LogP contribution in [0.15, 0.2) is 0 Å². The highest BCUT2D eigenvalue weighted by atomic mass is 32.2. The van der Waals surface area contributed by atoms with Crippen LogP contribution >= 0.6 is 11.8 Å². The molecule has 0 bridgehead atoms. The summed E-state index contributed by atoms with van der Waals surface area (Å²) in [6.07, 6.45) is 3.41. The Labute approximate surface area is 62.6 Å². The molecule has 0 aliphatic rings. The zero-order valence-electron chi connectivity index (χ0n) is 6.61. The van der Waals surface area contributed by atoms with E-state index in [9.17, 15) is 0 Å². The smallest absolute Gasteiger partial charge is 0.0415 e. The predicted molar refractivity (Wildman–Crippen MR) is 45.8 cm³/mol. The fourth-order valence-electron chi connectivity index (χ4n) is 0.565. The van der Waals surface area contributed by atoms with E-state index in [1.165, 1.54) is 13.0 Å². The van der Waals surface area contributed by atoms with Crippen molar-refractivity contribution in [1.29, 1.82) is 0 Å². The van der Waals surface area contributed by atoms with Gasteiger partial charge in [-0.1, -0.05) is 13.8 Å². The summed E-state index contributed by atoms with van der Waals surface area (Å²) in [6, 6.07) is 0. The molecule has 0 saturated carbocycles. The largest absolute Gasteiger partial charge is 0.308 e. The Morgan fingerprint density at radius 2 is 2.11 bits per heavy atom. The summed E-state index contributed by atoms with van der Waals surface area (Å²) in [5.41, 5.74) is 0. The molecule has 9 heavy (non-hydrogen) atoms. The average molecular weight is 147 g/mol. The molecule has 0 aliphatic carbocycles. The third kappa shape index (κ3) is 8.31. The number of rotatable bonds is 5. The Hall–Kier alpha value is 0.310. The lowest BCUT2D eigenvalue weighted by Gasteiger charge is -2.04. The summed E-state index contributed by atoms with van der Waals surface area (Å²) in [7, 11) is 0. The summed E-state index contributed by atoms with van der Waals surface area (Å²) >= 11 is 1.84. The average Bonchev–Trinajstić information content (AvgIpc) is 1.80. The van der Waals surface area contributed by atoms with Crippen molar-refractivity contribution in [2.75, 3.05) is 18.7 Å². The van der Waals surface area contributed by atoms with E-state index >= 15 is 0 Å². The van der Waals surface area contributed by atoms with Gasteiger partial charge in [0.25, 0.3) is 0 Å². The van der Waals surface area contributed by atoms with Crippen LogP contribution in [0.1, 0.15) is 20.3 Å². The molecule has 0 spiro atoms. The normalized spacial score (nSPS) is 10.7. The highest BCUT2D eigenvalue weighted by molar-refractivity contribution is 7.98. The highest BCUT2D eigenvalue weighted by Gasteiger charge is 1.90. The number of hydrogen-bond acceptors (Lipinski definition) is 2. The first-order valence-corrected chi connectivity index (χ1v) is 4.86. The van der Waals surface area contributed by atoms with E-state index in [2.05, 4.69) is 25.4 Å². The van der Waals surface area contributed by atoms with Crippen LogP contribution in [-0.2, 0) is 0 Å². The summed E-state index contributed by atoms with van der Waals surface area (Å²) in [5, 5.41) is 3.33. The molecule has 0 atom stereocenters. The Morgan fingerprint density at radius 1 is 1.44 bits per heavy atom. The molecule has 2 heteroatoms. The minimum atomic E-state index is 0.833. The van der Waals surface area contributed by atoms with Crippen LogP contribution in [0.2, 0.25) is 0 Å². The van der Waals surface area contributed by atoms with E-state index in [0.717, 1.165) is 11.8 Å². The molecule has 0 aromatic rings. The van der Waals surface area contributed by atoms with Crippen LogP contribution in [0.5, 0.6) is 0 Å². The highest BCUT2D eigenvalue weighted by Crippen LogP contribution is 1.96. The van der Waals surface area contributed by atoms with Gasteiger partial charge < -0.3 is 5.32 Å². The first-order chi connectivity index (χ1) is 4.27. The van der Waals surface area contributed by atoms with Crippen LogP contribution in [0, 0.1) is 5.92 Å². The summed E-state index contributed by atoms with van der Waals surface area (Å²) < 4.78 is 0. The van der Waals surface area contributed by atoms with Gasteiger partial charge in [-0.15, -0.1) is 11.8 Å². The first kappa shape index (κ1) is 9.31. The standard InChI is InChI=1S/C7H17NS/c1-7(2)4-5-8-6-9-3/h7-8H,4-6H2,1-3H3. The molecule has 0 saturated heterocycles. The van der Waals surface area contributed by atoms with Gasteiger partial charge in [0, 0.05) is 5.88 Å². The van der Waals surface area contributed by atoms with Gasteiger partial charge in [0.15, 0.2) is 0 Å². The lowest BCUT2D eigenvalue weighted by atomic mass is 10.1. The van der Waals surface area contributed by atoms with E-state index in [4.69, 9.17) is 0 Å². The molecule has 0 aromatic carbocycles. The van der Waals surface area contributed by atoms with Gasteiger partial charge in [0.1, 0.15) is 0 Å². The van der Waals surface area contributed by atoms with Crippen molar-refractivity contribution < 1.29 is 0 Å². The third-order valence-corrected chi connectivity index (χ3v) is 1.64. The van der Waals surface area contributed by atoms with Crippen LogP contribution in [0.3, 0.4) is 0 Å². The summed E-state index contributed by atoms with van der Waals surface area (Å²) in [4.78, 5) is 0. The molecular weight excluding hydrogens is 130 g/mol. The van der Waals surface area contributed by atoms with Crippen molar-refractivity contribution in [3.8, 4) is 0 Å². The molecule has 0 unspecified atom stereocenters. The molecule has 0 radical (unpaired) electrons. The van der Waals surface area contributed by atoms with Crippen molar-refractivity contribution >= 4 is 11.8 Å². The molecule has 0 aliphatic heterocycles. The number of nitrogens with one attached hydrogen (secondary N) is 1. The number of thioether (sulfide) groups is 1. The van der Waals surface area contributed by atoms with E-state index in [-0.39, 0.29) is 0 Å². The van der Waals surface area contributed by atoms with Crippen LogP contribution in [0.25, 0.3) is 0 Å². The monoisotopic (exact) mass is 147 g/mol. The van der Waals surface area contributed by atoms with Crippen LogP contribution in [-0.4, -0.2) is 18.7 Å². The zero-order valence-corrected chi connectivity index (χ0v) is 7.42. The Bertz CT molecular complexity index is 54.9. The van der Waals surface area contributed by atoms with Crippen molar-refractivity contribution in [2.24, 2.45) is 5.92 Å². The Balaban J connectivity index is 2.75. The fourth-order valence-corrected chi connectivity index (χ4v) is 0.913. The van der Waals surface area contributed by atoms with Crippen LogP contribution in [0.4, 0.5) is 0 Å². The maximum atomic E-state index is 3.33. The minimum absolute atomic E-state index is 0.833. The van der Waals surface area contributed by atoms with Crippen molar-refractivity contribution in [3.05, 3.63) is 0 Å². The van der Waals surface area contributed by atoms with E-state index in [1.54, 1.807) is 0 Å². The second kappa shape index (κ2) is 6.43. The molecular formula is C7H17NS. The molecule has 0 rings (SSSR count). The van der Waals surface area contributed by atoms with Crippen molar-refractivity contribution in [1.82, 2.24) is 5.32 Å². The lowest BCUT2D eigenvalue weighted by molar-refractivity contribution is 0.559. The molecule has 1 nitrogen and oxygen atoms in total. The van der Waals surface area contributed by atoms with Gasteiger partial charge in [-0.25, -0.2) is 0 Å². The van der Waals surface area contributed by atoms with Gasteiger partial charge in [0.2, 0.25) is 0 Å². The quantitative estimate of drug-likeness (QED) is 0.471. The van der Waals surface area contributed by atoms with Gasteiger partial charge in [-0.2, -0.15) is 0 Å².